The summed E-state index contributed by atoms with van der Waals surface area (Å²) >= 11 is 0. The van der Waals surface area contributed by atoms with Crippen molar-refractivity contribution in [1.29, 1.82) is 0 Å². The van der Waals surface area contributed by atoms with Crippen molar-refractivity contribution in [2.45, 2.75) is 89.9 Å². The fourth-order valence-electron chi connectivity index (χ4n) is 9.98. The van der Waals surface area contributed by atoms with Crippen molar-refractivity contribution in [1.82, 2.24) is 45.0 Å². The Bertz CT molecular complexity index is 2780. The van der Waals surface area contributed by atoms with Crippen molar-refractivity contribution < 1.29 is 53.5 Å². The number of carbonyl (C=O) groups excluding carboxylic acids is 5. The van der Waals surface area contributed by atoms with Gasteiger partial charge in [-0.1, -0.05) is 45.7 Å². The minimum atomic E-state index is -2.32. The van der Waals surface area contributed by atoms with Crippen LogP contribution >= 0.6 is 0 Å². The van der Waals surface area contributed by atoms with Gasteiger partial charge < -0.3 is 49.2 Å². The molecule has 3 saturated heterocycles. The zero-order chi connectivity index (χ0) is 51.5. The number of fused-ring (bicyclic) bond motifs is 6. The van der Waals surface area contributed by atoms with E-state index in [2.05, 4.69) is 32.5 Å². The minimum Gasteiger partial charge on any atom is -0.508 e. The molecule has 20 nitrogen and oxygen atoms in total. The first kappa shape index (κ1) is 51.9. The van der Waals surface area contributed by atoms with E-state index < -0.39 is 64.3 Å². The molecule has 4 aliphatic heterocycles. The molecule has 4 aliphatic rings. The minimum absolute atomic E-state index is 0.0506. The molecule has 6 bridgehead atoms. The average molecular weight is 992 g/mol. The Morgan fingerprint density at radius 3 is 2.54 bits per heavy atom. The maximum absolute atomic E-state index is 14.8. The number of imidazole rings is 1. The number of likely N-dealkylation sites (N-methyl/N-ethyl adjacent to an activating group) is 1. The molecule has 72 heavy (non-hydrogen) atoms. The van der Waals surface area contributed by atoms with Gasteiger partial charge in [-0.3, -0.25) is 34.1 Å². The van der Waals surface area contributed by atoms with Crippen LogP contribution in [0, 0.1) is 23.2 Å². The highest BCUT2D eigenvalue weighted by Gasteiger charge is 2.49. The predicted octanol–water partition coefficient (Wildman–Crippen LogP) is 1.83. The smallest absolute Gasteiger partial charge is 0.355 e. The molecule has 4 aromatic rings. The van der Waals surface area contributed by atoms with E-state index >= 15 is 0 Å². The van der Waals surface area contributed by atoms with Crippen LogP contribution in [0.4, 0.5) is 0 Å². The number of likely N-dealkylation sites (tertiary alicyclic amines) is 1. The third kappa shape index (κ3) is 11.3. The fraction of sp³-hybridized carbons (Fsp3) is 0.519. The van der Waals surface area contributed by atoms with Crippen molar-refractivity contribution in [2.24, 2.45) is 11.3 Å². The van der Waals surface area contributed by atoms with E-state index in [1.165, 1.54) is 18.0 Å². The predicted molar refractivity (Wildman–Crippen MR) is 263 cm³/mol. The van der Waals surface area contributed by atoms with E-state index in [0.717, 1.165) is 21.0 Å². The molecule has 4 atom stereocenters. The number of morpholine rings is 1. The third-order valence-electron chi connectivity index (χ3n) is 13.7. The van der Waals surface area contributed by atoms with Crippen LogP contribution in [0.5, 0.6) is 5.75 Å². The van der Waals surface area contributed by atoms with Gasteiger partial charge in [0.1, 0.15) is 23.7 Å². The van der Waals surface area contributed by atoms with Crippen molar-refractivity contribution in [3.05, 3.63) is 66.0 Å². The topological polar surface area (TPSA) is 241 Å². The Hall–Kier alpha value is -6.47. The van der Waals surface area contributed by atoms with E-state index in [-0.39, 0.29) is 64.3 Å². The monoisotopic (exact) mass is 991 g/mol. The largest absolute Gasteiger partial charge is 0.508 e. The Morgan fingerprint density at radius 1 is 1.01 bits per heavy atom. The van der Waals surface area contributed by atoms with E-state index in [1.54, 1.807) is 33.2 Å². The number of carbonyl (C=O) groups is 5. The number of phenols is 1. The highest BCUT2D eigenvalue weighted by molar-refractivity contribution is 5.97. The zero-order valence-corrected chi connectivity index (χ0v) is 41.8. The first-order chi connectivity index (χ1) is 34.3. The molecule has 0 unspecified atom stereocenters. The first-order valence-electron chi connectivity index (χ1n) is 24.4. The van der Waals surface area contributed by atoms with Crippen LogP contribution in [0.25, 0.3) is 33.5 Å². The van der Waals surface area contributed by atoms with Gasteiger partial charge >= 0.3 is 5.97 Å². The number of cyclic esters (lactones) is 1. The second-order valence-electron chi connectivity index (χ2n) is 20.4. The molecular weight excluding hydrogens is 927 g/mol. The second-order valence-corrected chi connectivity index (χ2v) is 20.4. The number of esters is 1. The lowest BCUT2D eigenvalue weighted by Gasteiger charge is -2.40. The van der Waals surface area contributed by atoms with Gasteiger partial charge in [-0.15, -0.1) is 0 Å². The number of rotatable bonds is 9. The van der Waals surface area contributed by atoms with Crippen LogP contribution in [0.1, 0.15) is 58.2 Å². The molecule has 0 aliphatic carbocycles. The van der Waals surface area contributed by atoms with Gasteiger partial charge in [-0.05, 0) is 71.3 Å². The summed E-state index contributed by atoms with van der Waals surface area (Å²) in [7, 11) is 2.98. The number of hydrazine groups is 1. The van der Waals surface area contributed by atoms with Crippen LogP contribution in [-0.2, 0) is 57.8 Å². The van der Waals surface area contributed by atoms with E-state index in [9.17, 15) is 39.3 Å². The molecule has 4 amide bonds. The molecule has 5 N–H and O–H groups in total. The standard InChI is InChI=1S/C52H65N9O11/c1-33(2)44(57(5)48(66)51(68)15-19-59(31-51)43(63)11-8-17-58-20-22-71-23-21-58)46(64)55-40-26-34-24-36(27-37(62)25-34)35-12-13-39-42(28-35)60(45(54-39)38-10-7-16-53-41(38)29-70-6)30-50(3,4)32-72-49(67)52(69)14-9-18-61(56-52)47(40)65/h7,10,12-13,16,24-25,27-28,33,40,44,56,62,68-69H,9,14-15,17-23,26,29-32H2,1-6H3,(H,55,64)/t40-,44-,51+,52-/m0/s1. The molecule has 0 saturated carbocycles. The summed E-state index contributed by atoms with van der Waals surface area (Å²) < 4.78 is 18.8. The van der Waals surface area contributed by atoms with E-state index in [0.29, 0.717) is 73.1 Å². The van der Waals surface area contributed by atoms with E-state index in [4.69, 9.17) is 19.2 Å². The molecule has 3 fully saturated rings. The number of amides is 4. The molecule has 384 valence electrons. The molecule has 20 heteroatoms. The Morgan fingerprint density at radius 2 is 1.79 bits per heavy atom. The van der Waals surface area contributed by atoms with Crippen LogP contribution in [0.3, 0.4) is 0 Å². The Balaban J connectivity index is 1.11. The highest BCUT2D eigenvalue weighted by Crippen LogP contribution is 2.35. The number of phenolic OH excluding ortho intramolecular Hbond substituents is 1. The lowest BCUT2D eigenvalue weighted by Crippen LogP contribution is -2.67. The number of β-amino-alcohol motifs (C(OH)–C–C–N with tert-alkyl or cyclic N) is 1. The normalized spacial score (nSPS) is 23.2. The number of nitrogens with one attached hydrogen (secondary N) is 2. The van der Waals surface area contributed by atoms with Gasteiger partial charge in [0.2, 0.25) is 11.6 Å². The fourth-order valence-corrected chi connectivity index (χ4v) is 9.98. The molecule has 8 rings (SSSR count). The molecule has 2 aromatic carbocycles. The molecular formula is C52H65N9O11. The van der Waals surface area contributed by atoms with Crippen molar-refractivity contribution in [3.8, 4) is 40.1 Å². The number of aromatic hydroxyl groups is 1. The lowest BCUT2D eigenvalue weighted by atomic mass is 9.93. The van der Waals surface area contributed by atoms with Gasteiger partial charge in [0.05, 0.1) is 56.2 Å². The van der Waals surface area contributed by atoms with Gasteiger partial charge in [0, 0.05) is 83.3 Å². The first-order valence-corrected chi connectivity index (χ1v) is 24.4. The molecule has 6 heterocycles. The van der Waals surface area contributed by atoms with Crippen LogP contribution < -0.4 is 10.7 Å². The number of methoxy groups -OCH3 is 1. The molecule has 2 aromatic heterocycles. The number of ether oxygens (including phenoxy) is 3. The van der Waals surface area contributed by atoms with Crippen molar-refractivity contribution in [2.75, 3.05) is 73.2 Å². The number of benzene rings is 2. The summed E-state index contributed by atoms with van der Waals surface area (Å²) in [4.78, 5) is 84.9. The Labute approximate surface area is 418 Å². The molecule has 0 radical (unpaired) electrons. The van der Waals surface area contributed by atoms with Crippen LogP contribution in [0.15, 0.2) is 54.7 Å². The second kappa shape index (κ2) is 21.3. The van der Waals surface area contributed by atoms with Gasteiger partial charge in [-0.25, -0.2) is 9.78 Å². The summed E-state index contributed by atoms with van der Waals surface area (Å²) in [5.74, 6) is 1.72. The van der Waals surface area contributed by atoms with Crippen molar-refractivity contribution in [3.63, 3.8) is 0 Å². The quantitative estimate of drug-likeness (QED) is 0.119. The number of aromatic nitrogens is 3. The summed E-state index contributed by atoms with van der Waals surface area (Å²) in [6.45, 7) is 10.5. The lowest BCUT2D eigenvalue weighted by molar-refractivity contribution is -0.189. The summed E-state index contributed by atoms with van der Waals surface area (Å²) in [5.41, 5.74) is 2.20. The van der Waals surface area contributed by atoms with Crippen LogP contribution in [0.2, 0.25) is 0 Å². The van der Waals surface area contributed by atoms with Crippen molar-refractivity contribution >= 4 is 40.6 Å². The average Bonchev–Trinajstić information content (AvgIpc) is 3.93. The Kier molecular flexibility index (Phi) is 15.4. The van der Waals surface area contributed by atoms with Gasteiger partial charge in [0.15, 0.2) is 5.60 Å². The number of aliphatic hydroxyl groups is 2. The summed E-state index contributed by atoms with van der Waals surface area (Å²) in [5, 5.41) is 38.8. The van der Waals surface area contributed by atoms with Crippen LogP contribution in [-0.4, -0.2) is 176 Å². The third-order valence-corrected chi connectivity index (χ3v) is 13.7. The number of pyridine rings is 1. The maximum atomic E-state index is 14.8. The van der Waals surface area contributed by atoms with E-state index in [1.807, 2.05) is 54.8 Å². The number of hydrogen-bond donors (Lipinski definition) is 5. The number of nitrogens with zero attached hydrogens (tertiary/aromatic N) is 7. The molecule has 0 spiro atoms. The summed E-state index contributed by atoms with van der Waals surface area (Å²) in [6.07, 6.45) is 1.53. The SMILES string of the molecule is COCc1ncccc1-c1nc2ccc3cc2n1CC(C)(C)COC(=O)[C@@]1(O)CCCN(N1)C(=O)[C@@H](NC(=O)[C@H](C(C)C)N(C)C(=O)[C@@]1(O)CCN(C(=O)C#CCN2CCOCC2)C1)Cc1cc(O)cc-3c1. The summed E-state index contributed by atoms with van der Waals surface area (Å²) in [6, 6.07) is 11.7. The van der Waals surface area contributed by atoms with Gasteiger partial charge in [0.25, 0.3) is 17.7 Å². The number of hydrogen-bond acceptors (Lipinski definition) is 15. The zero-order valence-electron chi connectivity index (χ0n) is 41.8. The highest BCUT2D eigenvalue weighted by atomic mass is 16.6. The van der Waals surface area contributed by atoms with Gasteiger partial charge in [-0.2, -0.15) is 5.43 Å². The maximum Gasteiger partial charge on any atom is 0.355 e.